The van der Waals surface area contributed by atoms with Crippen LogP contribution in [0, 0.1) is 16.7 Å². The molecule has 76 valence electrons. The molecule has 0 unspecified atom stereocenters. The van der Waals surface area contributed by atoms with Gasteiger partial charge in [0.2, 0.25) is 0 Å². The second-order valence-corrected chi connectivity index (χ2v) is 2.88. The molecule has 6 nitrogen and oxygen atoms in total. The Kier molecular flexibility index (Phi) is 3.12. The van der Waals surface area contributed by atoms with Gasteiger partial charge in [0.1, 0.15) is 0 Å². The van der Waals surface area contributed by atoms with Crippen LogP contribution in [0.5, 0.6) is 0 Å². The lowest BCUT2D eigenvalue weighted by atomic mass is 10.1. The van der Waals surface area contributed by atoms with Crippen molar-refractivity contribution in [1.29, 1.82) is 0 Å². The van der Waals surface area contributed by atoms with Crippen LogP contribution in [0.2, 0.25) is 0 Å². The first-order valence-electron chi connectivity index (χ1n) is 3.95. The molecule has 0 saturated heterocycles. The zero-order valence-corrected chi connectivity index (χ0v) is 7.76. The predicted octanol–water partition coefficient (Wildman–Crippen LogP) is 1.81. The highest BCUT2D eigenvalue weighted by Crippen LogP contribution is 2.12. The average molecular weight is 206 g/mol. The van der Waals surface area contributed by atoms with Crippen molar-refractivity contribution in [2.45, 2.75) is 6.92 Å². The Morgan fingerprint density at radius 2 is 1.33 bits per heavy atom. The first kappa shape index (κ1) is 10.8. The SMILES string of the molecule is Cc1cc(C(=O)N=O)cc(C(=O)N=O)c1. The molecule has 6 heteroatoms. The number of nitroso groups, excluding NO2 is 2. The van der Waals surface area contributed by atoms with Gasteiger partial charge in [-0.15, -0.1) is 9.81 Å². The van der Waals surface area contributed by atoms with Crippen LogP contribution in [0.25, 0.3) is 0 Å². The molecule has 15 heavy (non-hydrogen) atoms. The first-order chi connectivity index (χ1) is 7.08. The standard InChI is InChI=1S/C9H6N2O4/c1-5-2-6(8(12)10-14)4-7(3-5)9(13)11-15/h2-4H,1H3. The fraction of sp³-hybridized carbons (Fsp3) is 0.111. The Hall–Kier alpha value is -2.24. The molecule has 1 aromatic carbocycles. The lowest BCUT2D eigenvalue weighted by Crippen LogP contribution is -2.00. The minimum absolute atomic E-state index is 0.0306. The maximum absolute atomic E-state index is 10.9. The van der Waals surface area contributed by atoms with E-state index in [0.717, 1.165) is 6.07 Å². The molecule has 1 aromatic rings. The monoisotopic (exact) mass is 206 g/mol. The lowest BCUT2D eigenvalue weighted by Gasteiger charge is -1.99. The summed E-state index contributed by atoms with van der Waals surface area (Å²) in [4.78, 5) is 41.9. The third-order valence-electron chi connectivity index (χ3n) is 1.74. The van der Waals surface area contributed by atoms with Crippen LogP contribution in [0.3, 0.4) is 0 Å². The van der Waals surface area contributed by atoms with Crippen molar-refractivity contribution < 1.29 is 9.59 Å². The molecule has 0 N–H and O–H groups in total. The number of aryl methyl sites for hydroxylation is 1. The summed E-state index contributed by atoms with van der Waals surface area (Å²) in [5.74, 6) is -1.97. The van der Waals surface area contributed by atoms with E-state index in [1.54, 1.807) is 6.92 Å². The van der Waals surface area contributed by atoms with E-state index in [2.05, 4.69) is 10.4 Å². The van der Waals surface area contributed by atoms with Gasteiger partial charge in [-0.3, -0.25) is 9.59 Å². The van der Waals surface area contributed by atoms with Crippen molar-refractivity contribution in [3.05, 3.63) is 44.7 Å². The molecule has 0 aliphatic heterocycles. The number of benzene rings is 1. The van der Waals surface area contributed by atoms with Crippen LogP contribution in [-0.4, -0.2) is 11.8 Å². The van der Waals surface area contributed by atoms with Crippen LogP contribution < -0.4 is 0 Å². The van der Waals surface area contributed by atoms with E-state index in [0.29, 0.717) is 5.56 Å². The van der Waals surface area contributed by atoms with Gasteiger partial charge in [0.25, 0.3) is 0 Å². The highest BCUT2D eigenvalue weighted by molar-refractivity contribution is 6.00. The zero-order valence-electron chi connectivity index (χ0n) is 7.76. The molecule has 1 rings (SSSR count). The summed E-state index contributed by atoms with van der Waals surface area (Å²) in [5.41, 5.74) is 0.505. The molecule has 0 aromatic heterocycles. The summed E-state index contributed by atoms with van der Waals surface area (Å²) in [6.45, 7) is 1.61. The molecule has 2 amide bonds. The van der Waals surface area contributed by atoms with Gasteiger partial charge in [-0.05, 0) is 30.7 Å². The first-order valence-corrected chi connectivity index (χ1v) is 3.95. The summed E-state index contributed by atoms with van der Waals surface area (Å²) in [5, 5.41) is 4.43. The number of hydrogen-bond acceptors (Lipinski definition) is 4. The molecule has 0 radical (unpaired) electrons. The van der Waals surface area contributed by atoms with E-state index in [-0.39, 0.29) is 11.1 Å². The molecule has 0 aliphatic carbocycles. The Balaban J connectivity index is 3.27. The number of carbonyl (C=O) groups is 2. The molecule has 0 fully saturated rings. The molecular weight excluding hydrogens is 200 g/mol. The number of carbonyl (C=O) groups excluding carboxylic acids is 2. The highest BCUT2D eigenvalue weighted by Gasteiger charge is 2.12. The molecule has 0 aliphatic rings. The van der Waals surface area contributed by atoms with E-state index in [1.807, 2.05) is 0 Å². The zero-order chi connectivity index (χ0) is 11.4. The van der Waals surface area contributed by atoms with Gasteiger partial charge in [-0.1, -0.05) is 0 Å². The Labute approximate surface area is 84.2 Å². The van der Waals surface area contributed by atoms with E-state index in [1.165, 1.54) is 12.1 Å². The highest BCUT2D eigenvalue weighted by atomic mass is 16.3. The number of rotatable bonds is 2. The van der Waals surface area contributed by atoms with Crippen molar-refractivity contribution in [2.24, 2.45) is 10.4 Å². The maximum atomic E-state index is 10.9. The average Bonchev–Trinajstić information content (AvgIpc) is 2.26. The molecule has 0 saturated carbocycles. The van der Waals surface area contributed by atoms with Crippen LogP contribution in [0.1, 0.15) is 26.3 Å². The minimum atomic E-state index is -0.987. The van der Waals surface area contributed by atoms with Crippen LogP contribution in [0.4, 0.5) is 0 Å². The predicted molar refractivity (Wildman–Crippen MR) is 51.4 cm³/mol. The van der Waals surface area contributed by atoms with Crippen LogP contribution in [-0.2, 0) is 0 Å². The topological polar surface area (TPSA) is 93.0 Å². The fourth-order valence-corrected chi connectivity index (χ4v) is 1.14. The van der Waals surface area contributed by atoms with Gasteiger partial charge in [0, 0.05) is 21.5 Å². The molecule has 0 heterocycles. The van der Waals surface area contributed by atoms with Gasteiger partial charge in [0.15, 0.2) is 0 Å². The second-order valence-electron chi connectivity index (χ2n) is 2.88. The third kappa shape index (κ3) is 2.37. The summed E-state index contributed by atoms with van der Waals surface area (Å²) in [6, 6.07) is 3.90. The van der Waals surface area contributed by atoms with E-state index in [9.17, 15) is 19.4 Å². The maximum Gasteiger partial charge on any atom is 0.316 e. The van der Waals surface area contributed by atoms with E-state index < -0.39 is 11.8 Å². The molecule has 0 bridgehead atoms. The normalized spacial score (nSPS) is 9.40. The van der Waals surface area contributed by atoms with E-state index in [4.69, 9.17) is 0 Å². The number of amides is 2. The van der Waals surface area contributed by atoms with Gasteiger partial charge >= 0.3 is 11.8 Å². The third-order valence-corrected chi connectivity index (χ3v) is 1.74. The Bertz CT molecular complexity index is 415. The number of nitrogens with zero attached hydrogens (tertiary/aromatic N) is 2. The van der Waals surface area contributed by atoms with Crippen molar-refractivity contribution in [2.75, 3.05) is 0 Å². The number of hydrogen-bond donors (Lipinski definition) is 0. The summed E-state index contributed by atoms with van der Waals surface area (Å²) < 4.78 is 0. The Morgan fingerprint density at radius 3 is 1.67 bits per heavy atom. The quantitative estimate of drug-likeness (QED) is 0.689. The van der Waals surface area contributed by atoms with E-state index >= 15 is 0 Å². The molecule has 0 spiro atoms. The van der Waals surface area contributed by atoms with Crippen molar-refractivity contribution in [1.82, 2.24) is 0 Å². The lowest BCUT2D eigenvalue weighted by molar-refractivity contribution is 0.0999. The van der Waals surface area contributed by atoms with Crippen molar-refractivity contribution in [3.8, 4) is 0 Å². The van der Waals surface area contributed by atoms with Crippen molar-refractivity contribution in [3.63, 3.8) is 0 Å². The minimum Gasteiger partial charge on any atom is -0.263 e. The largest absolute Gasteiger partial charge is 0.316 e. The van der Waals surface area contributed by atoms with Crippen molar-refractivity contribution >= 4 is 11.8 Å². The Morgan fingerprint density at radius 1 is 0.933 bits per heavy atom. The summed E-state index contributed by atoms with van der Waals surface area (Å²) in [6.07, 6.45) is 0. The van der Waals surface area contributed by atoms with Gasteiger partial charge < -0.3 is 0 Å². The molecular formula is C9H6N2O4. The summed E-state index contributed by atoms with van der Waals surface area (Å²) in [7, 11) is 0. The van der Waals surface area contributed by atoms with Crippen LogP contribution in [0.15, 0.2) is 28.6 Å². The van der Waals surface area contributed by atoms with Gasteiger partial charge in [-0.25, -0.2) is 0 Å². The fourth-order valence-electron chi connectivity index (χ4n) is 1.14. The van der Waals surface area contributed by atoms with Crippen LogP contribution >= 0.6 is 0 Å². The summed E-state index contributed by atoms with van der Waals surface area (Å²) >= 11 is 0. The molecule has 0 atom stereocenters. The smallest absolute Gasteiger partial charge is 0.263 e. The van der Waals surface area contributed by atoms with Gasteiger partial charge in [-0.2, -0.15) is 0 Å². The van der Waals surface area contributed by atoms with Gasteiger partial charge in [0.05, 0.1) is 0 Å². The second kappa shape index (κ2) is 4.32.